The molecule has 1 aliphatic carbocycles. The normalized spacial score (nSPS) is 18.4. The Morgan fingerprint density at radius 2 is 1.31 bits per heavy atom. The first-order valence-electron chi connectivity index (χ1n) is 5.62. The van der Waals surface area contributed by atoms with Gasteiger partial charge < -0.3 is 21.3 Å². The van der Waals surface area contributed by atoms with Gasteiger partial charge >= 0.3 is 12.1 Å². The zero-order valence-corrected chi connectivity index (χ0v) is 9.85. The topological polar surface area (TPSA) is 82.3 Å². The SMILES string of the molecule is CNC(=O)NC1(NC(=O)NC)CCCCC1. The van der Waals surface area contributed by atoms with E-state index in [1.807, 2.05) is 0 Å². The first-order valence-corrected chi connectivity index (χ1v) is 5.62. The molecule has 6 nitrogen and oxygen atoms in total. The average molecular weight is 228 g/mol. The quantitative estimate of drug-likeness (QED) is 0.519. The summed E-state index contributed by atoms with van der Waals surface area (Å²) in [6.45, 7) is 0. The Kier molecular flexibility index (Phi) is 4.39. The Balaban J connectivity index is 2.66. The molecule has 1 saturated carbocycles. The first kappa shape index (κ1) is 12.6. The molecule has 4 amide bonds. The van der Waals surface area contributed by atoms with Gasteiger partial charge in [-0.2, -0.15) is 0 Å². The van der Waals surface area contributed by atoms with Crippen molar-refractivity contribution in [3.05, 3.63) is 0 Å². The first-order chi connectivity index (χ1) is 7.62. The van der Waals surface area contributed by atoms with Crippen molar-refractivity contribution in [1.29, 1.82) is 0 Å². The van der Waals surface area contributed by atoms with Crippen molar-refractivity contribution in [3.8, 4) is 0 Å². The highest BCUT2D eigenvalue weighted by molar-refractivity contribution is 5.78. The fourth-order valence-corrected chi connectivity index (χ4v) is 2.00. The van der Waals surface area contributed by atoms with Crippen LogP contribution in [0.2, 0.25) is 0 Å². The van der Waals surface area contributed by atoms with E-state index in [0.717, 1.165) is 32.1 Å². The summed E-state index contributed by atoms with van der Waals surface area (Å²) in [7, 11) is 3.12. The van der Waals surface area contributed by atoms with Crippen molar-refractivity contribution >= 4 is 12.1 Å². The highest BCUT2D eigenvalue weighted by Crippen LogP contribution is 2.25. The molecule has 0 aliphatic heterocycles. The monoisotopic (exact) mass is 228 g/mol. The van der Waals surface area contributed by atoms with Crippen molar-refractivity contribution in [2.45, 2.75) is 37.8 Å². The number of nitrogens with one attached hydrogen (secondary N) is 4. The number of rotatable bonds is 2. The summed E-state index contributed by atoms with van der Waals surface area (Å²) in [5, 5.41) is 10.7. The lowest BCUT2D eigenvalue weighted by Gasteiger charge is -2.38. The Morgan fingerprint density at radius 3 is 1.69 bits per heavy atom. The van der Waals surface area contributed by atoms with Gasteiger partial charge in [-0.25, -0.2) is 9.59 Å². The molecular weight excluding hydrogens is 208 g/mol. The summed E-state index contributed by atoms with van der Waals surface area (Å²) < 4.78 is 0. The minimum Gasteiger partial charge on any atom is -0.341 e. The maximum Gasteiger partial charge on any atom is 0.316 e. The molecule has 0 radical (unpaired) electrons. The van der Waals surface area contributed by atoms with Crippen molar-refractivity contribution in [2.24, 2.45) is 0 Å². The molecule has 0 bridgehead atoms. The minimum absolute atomic E-state index is 0.265. The van der Waals surface area contributed by atoms with Gasteiger partial charge in [0, 0.05) is 14.1 Å². The van der Waals surface area contributed by atoms with E-state index in [1.165, 1.54) is 0 Å². The van der Waals surface area contributed by atoms with Crippen LogP contribution in [0.1, 0.15) is 32.1 Å². The van der Waals surface area contributed by atoms with Crippen LogP contribution in [0.4, 0.5) is 9.59 Å². The molecule has 0 atom stereocenters. The maximum atomic E-state index is 11.4. The van der Waals surface area contributed by atoms with Crippen molar-refractivity contribution in [2.75, 3.05) is 14.1 Å². The predicted octanol–water partition coefficient (Wildman–Crippen LogP) is 0.505. The molecule has 0 aromatic carbocycles. The molecule has 0 spiro atoms. The number of carbonyl (C=O) groups is 2. The van der Waals surface area contributed by atoms with Gasteiger partial charge in [0.1, 0.15) is 5.66 Å². The number of amides is 4. The fraction of sp³-hybridized carbons (Fsp3) is 0.800. The molecule has 16 heavy (non-hydrogen) atoms. The number of hydrogen-bond donors (Lipinski definition) is 4. The summed E-state index contributed by atoms with van der Waals surface area (Å²) in [4.78, 5) is 22.7. The van der Waals surface area contributed by atoms with Crippen LogP contribution < -0.4 is 21.3 Å². The van der Waals surface area contributed by atoms with Crippen LogP contribution in [0, 0.1) is 0 Å². The van der Waals surface area contributed by atoms with Gasteiger partial charge in [0.05, 0.1) is 0 Å². The molecule has 6 heteroatoms. The smallest absolute Gasteiger partial charge is 0.316 e. The summed E-state index contributed by atoms with van der Waals surface area (Å²) in [5.41, 5.74) is -0.599. The molecule has 4 N–H and O–H groups in total. The summed E-state index contributed by atoms with van der Waals surface area (Å²) in [5.74, 6) is 0. The largest absolute Gasteiger partial charge is 0.341 e. The van der Waals surface area contributed by atoms with E-state index >= 15 is 0 Å². The van der Waals surface area contributed by atoms with Gasteiger partial charge in [-0.3, -0.25) is 0 Å². The van der Waals surface area contributed by atoms with E-state index in [-0.39, 0.29) is 12.1 Å². The zero-order valence-electron chi connectivity index (χ0n) is 9.85. The van der Waals surface area contributed by atoms with Crippen LogP contribution in [0.3, 0.4) is 0 Å². The fourth-order valence-electron chi connectivity index (χ4n) is 2.00. The van der Waals surface area contributed by atoms with E-state index in [0.29, 0.717) is 0 Å². The van der Waals surface area contributed by atoms with E-state index in [1.54, 1.807) is 14.1 Å². The van der Waals surface area contributed by atoms with Gasteiger partial charge in [-0.15, -0.1) is 0 Å². The molecule has 0 heterocycles. The van der Waals surface area contributed by atoms with E-state index in [4.69, 9.17) is 0 Å². The van der Waals surface area contributed by atoms with E-state index in [2.05, 4.69) is 21.3 Å². The maximum absolute atomic E-state index is 11.4. The zero-order chi connectivity index (χ0) is 12.0. The second kappa shape index (κ2) is 5.58. The van der Waals surface area contributed by atoms with Crippen molar-refractivity contribution in [1.82, 2.24) is 21.3 Å². The average Bonchev–Trinajstić information content (AvgIpc) is 2.29. The van der Waals surface area contributed by atoms with E-state index in [9.17, 15) is 9.59 Å². The van der Waals surface area contributed by atoms with Gasteiger partial charge in [0.2, 0.25) is 0 Å². The van der Waals surface area contributed by atoms with Gasteiger partial charge in [0.25, 0.3) is 0 Å². The summed E-state index contributed by atoms with van der Waals surface area (Å²) in [6.07, 6.45) is 4.70. The van der Waals surface area contributed by atoms with E-state index < -0.39 is 5.66 Å². The van der Waals surface area contributed by atoms with Gasteiger partial charge in [-0.1, -0.05) is 6.42 Å². The Bertz CT molecular complexity index is 242. The van der Waals surface area contributed by atoms with Crippen LogP contribution >= 0.6 is 0 Å². The molecule has 0 unspecified atom stereocenters. The lowest BCUT2D eigenvalue weighted by Crippen LogP contribution is -2.64. The standard InChI is InChI=1S/C10H20N4O2/c1-11-8(15)13-10(14-9(16)12-2)6-4-3-5-7-10/h3-7H2,1-2H3,(H2,11,13,15)(H2,12,14,16). The summed E-state index contributed by atoms with van der Waals surface area (Å²) >= 11 is 0. The van der Waals surface area contributed by atoms with Crippen LogP contribution in [-0.2, 0) is 0 Å². The van der Waals surface area contributed by atoms with Crippen LogP contribution in [0.15, 0.2) is 0 Å². The number of urea groups is 2. The highest BCUT2D eigenvalue weighted by Gasteiger charge is 2.34. The van der Waals surface area contributed by atoms with Crippen LogP contribution in [-0.4, -0.2) is 31.8 Å². The predicted molar refractivity (Wildman–Crippen MR) is 61.0 cm³/mol. The number of carbonyl (C=O) groups excluding carboxylic acids is 2. The second-order valence-corrected chi connectivity index (χ2v) is 4.05. The second-order valence-electron chi connectivity index (χ2n) is 4.05. The lowest BCUT2D eigenvalue weighted by atomic mass is 9.89. The third kappa shape index (κ3) is 3.29. The highest BCUT2D eigenvalue weighted by atomic mass is 16.2. The van der Waals surface area contributed by atoms with Crippen LogP contribution in [0.25, 0.3) is 0 Å². The number of hydrogen-bond acceptors (Lipinski definition) is 2. The third-order valence-electron chi connectivity index (χ3n) is 2.87. The molecule has 0 aromatic heterocycles. The summed E-state index contributed by atoms with van der Waals surface area (Å²) in [6, 6.07) is -0.531. The van der Waals surface area contributed by atoms with Gasteiger partial charge in [0.15, 0.2) is 0 Å². The van der Waals surface area contributed by atoms with Crippen molar-refractivity contribution < 1.29 is 9.59 Å². The molecule has 1 rings (SSSR count). The molecule has 92 valence electrons. The minimum atomic E-state index is -0.599. The Morgan fingerprint density at radius 1 is 0.875 bits per heavy atom. The van der Waals surface area contributed by atoms with Crippen LogP contribution in [0.5, 0.6) is 0 Å². The molecule has 1 fully saturated rings. The molecular formula is C10H20N4O2. The third-order valence-corrected chi connectivity index (χ3v) is 2.87. The molecule has 0 aromatic rings. The molecule has 1 aliphatic rings. The Hall–Kier alpha value is -1.46. The van der Waals surface area contributed by atoms with Crippen molar-refractivity contribution in [3.63, 3.8) is 0 Å². The van der Waals surface area contributed by atoms with Gasteiger partial charge in [-0.05, 0) is 25.7 Å². The Labute approximate surface area is 95.5 Å². The molecule has 0 saturated heterocycles. The lowest BCUT2D eigenvalue weighted by molar-refractivity contribution is 0.173.